The van der Waals surface area contributed by atoms with E-state index in [0.29, 0.717) is 11.0 Å². The molecule has 0 radical (unpaired) electrons. The molecular weight excluding hydrogens is 220 g/mol. The lowest BCUT2D eigenvalue weighted by atomic mass is 10.2. The van der Waals surface area contributed by atoms with Crippen LogP contribution in [-0.4, -0.2) is 9.97 Å². The molecule has 0 aliphatic rings. The van der Waals surface area contributed by atoms with Gasteiger partial charge in [0.15, 0.2) is 10.8 Å². The summed E-state index contributed by atoms with van der Waals surface area (Å²) in [5.74, 6) is 0. The van der Waals surface area contributed by atoms with Crippen molar-refractivity contribution < 1.29 is 0 Å². The van der Waals surface area contributed by atoms with Crippen molar-refractivity contribution in [2.45, 2.75) is 13.8 Å². The molecule has 0 saturated carbocycles. The number of aromatic nitrogens is 2. The van der Waals surface area contributed by atoms with E-state index in [4.69, 9.17) is 5.53 Å². The second-order valence-corrected chi connectivity index (χ2v) is 3.52. The number of hydrogen-bond donors (Lipinski definition) is 1. The average Bonchev–Trinajstić information content (AvgIpc) is 2.31. The lowest BCUT2D eigenvalue weighted by molar-refractivity contribution is 0.991. The minimum atomic E-state index is 0.103. The van der Waals surface area contributed by atoms with E-state index in [1.54, 1.807) is 6.07 Å². The summed E-state index contributed by atoms with van der Waals surface area (Å²) >= 11 is 0. The summed E-state index contributed by atoms with van der Waals surface area (Å²) in [6.07, 6.45) is 0. The Kier molecular flexibility index (Phi) is 2.68. The van der Waals surface area contributed by atoms with E-state index in [1.165, 1.54) is 6.07 Å². The number of rotatable bonds is 2. The first-order valence-corrected chi connectivity index (χ1v) is 4.85. The van der Waals surface area contributed by atoms with E-state index in [2.05, 4.69) is 25.2 Å². The number of nitroso groups, excluding NO2 is 1. The highest BCUT2D eigenvalue weighted by Gasteiger charge is 2.11. The van der Waals surface area contributed by atoms with E-state index in [0.717, 1.165) is 11.4 Å². The van der Waals surface area contributed by atoms with Crippen LogP contribution in [0.4, 0.5) is 11.4 Å². The molecule has 2 aromatic rings. The normalized spacial score (nSPS) is 10.0. The number of aryl methyl sites for hydroxylation is 2. The SMILES string of the molecule is Cc1nc2cc(N=O)c(N=[N+]=N)cc2nc1C. The van der Waals surface area contributed by atoms with Gasteiger partial charge < -0.3 is 0 Å². The number of nitrogens with zero attached hydrogens (tertiary/aromatic N) is 5. The van der Waals surface area contributed by atoms with Crippen molar-refractivity contribution in [1.82, 2.24) is 14.9 Å². The molecule has 7 nitrogen and oxygen atoms in total. The first-order chi connectivity index (χ1) is 8.15. The van der Waals surface area contributed by atoms with Crippen LogP contribution in [-0.2, 0) is 0 Å². The predicted octanol–water partition coefficient (Wildman–Crippen LogP) is 2.83. The summed E-state index contributed by atoms with van der Waals surface area (Å²) < 4.78 is 0. The zero-order chi connectivity index (χ0) is 12.4. The third-order valence-corrected chi connectivity index (χ3v) is 2.43. The Bertz CT molecular complexity index is 659. The van der Waals surface area contributed by atoms with Gasteiger partial charge in [-0.1, -0.05) is 0 Å². The third kappa shape index (κ3) is 1.91. The molecule has 0 fully saturated rings. The van der Waals surface area contributed by atoms with Gasteiger partial charge in [-0.15, -0.1) is 4.91 Å². The number of fused-ring (bicyclic) bond motifs is 1. The quantitative estimate of drug-likeness (QED) is 0.486. The van der Waals surface area contributed by atoms with Gasteiger partial charge in [-0.05, 0) is 25.1 Å². The molecule has 0 aliphatic carbocycles. The van der Waals surface area contributed by atoms with Crippen molar-refractivity contribution in [3.05, 3.63) is 28.4 Å². The fraction of sp³-hybridized carbons (Fsp3) is 0.200. The topological polar surface area (TPSA) is 106 Å². The Labute approximate surface area is 96.1 Å². The molecule has 0 atom stereocenters. The van der Waals surface area contributed by atoms with Crippen molar-refractivity contribution in [1.29, 1.82) is 5.53 Å². The van der Waals surface area contributed by atoms with Gasteiger partial charge in [-0.2, -0.15) is 0 Å². The summed E-state index contributed by atoms with van der Waals surface area (Å²) in [6.45, 7) is 3.69. The lowest BCUT2D eigenvalue weighted by Gasteiger charge is -2.02. The van der Waals surface area contributed by atoms with E-state index in [1.807, 2.05) is 13.8 Å². The first kappa shape index (κ1) is 11.0. The Morgan fingerprint density at radius 1 is 1.12 bits per heavy atom. The summed E-state index contributed by atoms with van der Waals surface area (Å²) in [4.78, 5) is 22.2. The van der Waals surface area contributed by atoms with Crippen LogP contribution >= 0.6 is 0 Å². The van der Waals surface area contributed by atoms with E-state index >= 15 is 0 Å². The largest absolute Gasteiger partial charge is 0.250 e. The van der Waals surface area contributed by atoms with Gasteiger partial charge >= 0.3 is 0 Å². The first-order valence-electron chi connectivity index (χ1n) is 4.85. The van der Waals surface area contributed by atoms with Gasteiger partial charge in [-0.25, -0.2) is 9.97 Å². The van der Waals surface area contributed by atoms with Crippen molar-refractivity contribution in [3.8, 4) is 0 Å². The van der Waals surface area contributed by atoms with E-state index in [9.17, 15) is 4.91 Å². The number of hydrogen-bond acceptors (Lipinski definition) is 6. The van der Waals surface area contributed by atoms with Crippen LogP contribution in [0, 0.1) is 24.3 Å². The Morgan fingerprint density at radius 2 is 1.65 bits per heavy atom. The maximum absolute atomic E-state index is 10.6. The highest BCUT2D eigenvalue weighted by Crippen LogP contribution is 2.31. The molecule has 1 N–H and O–H groups in total. The lowest BCUT2D eigenvalue weighted by Crippen LogP contribution is -1.93. The standard InChI is InChI=1S/C10H9N6O/c1-5-6(2)13-8-4-10(15-17)9(14-16-11)3-7(8)12-5/h3-4,11H,1-2H3/q+1. The Hall–Kier alpha value is -2.53. The van der Waals surface area contributed by atoms with Crippen molar-refractivity contribution in [2.75, 3.05) is 0 Å². The van der Waals surface area contributed by atoms with Crippen LogP contribution in [0.5, 0.6) is 0 Å². The predicted molar refractivity (Wildman–Crippen MR) is 61.4 cm³/mol. The second-order valence-electron chi connectivity index (χ2n) is 3.52. The molecule has 7 heteroatoms. The van der Waals surface area contributed by atoms with Crippen LogP contribution in [0.15, 0.2) is 22.4 Å². The average molecular weight is 229 g/mol. The van der Waals surface area contributed by atoms with Crippen molar-refractivity contribution >= 4 is 22.4 Å². The molecule has 0 amide bonds. The molecule has 1 heterocycles. The van der Waals surface area contributed by atoms with Gasteiger partial charge in [0.25, 0.3) is 0 Å². The summed E-state index contributed by atoms with van der Waals surface area (Å²) in [7, 11) is 0. The van der Waals surface area contributed by atoms with Crippen LogP contribution in [0.1, 0.15) is 11.4 Å². The summed E-state index contributed by atoms with van der Waals surface area (Å²) in [5.41, 5.74) is 9.77. The van der Waals surface area contributed by atoms with Gasteiger partial charge in [0.2, 0.25) is 4.91 Å². The van der Waals surface area contributed by atoms with E-state index in [-0.39, 0.29) is 11.4 Å². The second kappa shape index (κ2) is 4.15. The maximum Gasteiger partial charge on any atom is 0.220 e. The molecule has 1 aromatic heterocycles. The van der Waals surface area contributed by atoms with Crippen LogP contribution in [0.3, 0.4) is 0 Å². The molecule has 0 bridgehead atoms. The number of nitrogens with one attached hydrogen (secondary N) is 1. The fourth-order valence-electron chi connectivity index (χ4n) is 1.46. The molecule has 0 aliphatic heterocycles. The highest BCUT2D eigenvalue weighted by atomic mass is 16.3. The molecule has 84 valence electrons. The van der Waals surface area contributed by atoms with Gasteiger partial charge in [0, 0.05) is 6.07 Å². The highest BCUT2D eigenvalue weighted by molar-refractivity contribution is 5.84. The minimum Gasteiger partial charge on any atom is -0.250 e. The van der Waals surface area contributed by atoms with Crippen molar-refractivity contribution in [2.24, 2.45) is 10.3 Å². The van der Waals surface area contributed by atoms with Crippen LogP contribution < -0.4 is 4.91 Å². The van der Waals surface area contributed by atoms with Gasteiger partial charge in [0.05, 0.1) is 22.4 Å². The van der Waals surface area contributed by atoms with Crippen molar-refractivity contribution in [3.63, 3.8) is 0 Å². The van der Waals surface area contributed by atoms with Crippen LogP contribution in [0.25, 0.3) is 11.0 Å². The molecule has 17 heavy (non-hydrogen) atoms. The monoisotopic (exact) mass is 229 g/mol. The Morgan fingerprint density at radius 3 is 2.12 bits per heavy atom. The van der Waals surface area contributed by atoms with Gasteiger partial charge in [0.1, 0.15) is 11.2 Å². The molecule has 2 rings (SSSR count). The molecule has 0 spiro atoms. The van der Waals surface area contributed by atoms with E-state index < -0.39 is 0 Å². The Balaban J connectivity index is 2.82. The zero-order valence-electron chi connectivity index (χ0n) is 9.30. The molecule has 0 saturated heterocycles. The fourth-order valence-corrected chi connectivity index (χ4v) is 1.46. The number of benzene rings is 1. The zero-order valence-corrected chi connectivity index (χ0v) is 9.30. The van der Waals surface area contributed by atoms with Crippen LogP contribution in [0.2, 0.25) is 0 Å². The minimum absolute atomic E-state index is 0.103. The maximum atomic E-state index is 10.6. The molecule has 0 unspecified atom stereocenters. The molecule has 1 aromatic carbocycles. The van der Waals surface area contributed by atoms with Gasteiger partial charge in [-0.3, -0.25) is 0 Å². The summed E-state index contributed by atoms with van der Waals surface area (Å²) in [6, 6.07) is 3.04. The summed E-state index contributed by atoms with van der Waals surface area (Å²) in [5, 5.41) is 6.35. The third-order valence-electron chi connectivity index (χ3n) is 2.43. The smallest absolute Gasteiger partial charge is 0.220 e. The molecular formula is C10H9N6O+.